The van der Waals surface area contributed by atoms with E-state index in [1.54, 1.807) is 0 Å². The van der Waals surface area contributed by atoms with Gasteiger partial charge in [0.2, 0.25) is 0 Å². The van der Waals surface area contributed by atoms with Crippen molar-refractivity contribution in [1.82, 2.24) is 18.3 Å². The van der Waals surface area contributed by atoms with Crippen molar-refractivity contribution in [2.75, 3.05) is 0 Å². The van der Waals surface area contributed by atoms with Crippen molar-refractivity contribution >= 4 is 131 Å². The molecule has 0 saturated heterocycles. The lowest BCUT2D eigenvalue weighted by molar-refractivity contribution is 0.668. The molecule has 0 bridgehead atoms. The van der Waals surface area contributed by atoms with E-state index in [1.165, 1.54) is 143 Å². The normalized spacial score (nSPS) is 11.7. The fraction of sp³-hybridized carbons (Fsp3) is 0. The van der Waals surface area contributed by atoms with Crippen LogP contribution < -0.4 is 0 Å². The van der Waals surface area contributed by atoms with Crippen LogP contribution in [0.25, 0.3) is 198 Å². The molecule has 23 rings (SSSR count). The molecule has 17 aromatic carbocycles. The van der Waals surface area contributed by atoms with E-state index in [1.807, 2.05) is 24.3 Å². The highest BCUT2D eigenvalue weighted by Crippen LogP contribution is 2.44. The summed E-state index contributed by atoms with van der Waals surface area (Å²) in [5.41, 5.74) is 27.8. The monoisotopic (exact) mass is 1380 g/mol. The fourth-order valence-corrected chi connectivity index (χ4v) is 16.8. The van der Waals surface area contributed by atoms with Crippen LogP contribution in [0.1, 0.15) is 0 Å². The SMILES string of the molecule is c1ccc(-c2ccc(-n3c4ccccc4c4cc(-c5ccc6oc7ccccc7c6c5)ccc43)cc2)cc1.c1ccc(-c2cccc(-n3c4ccccc4c4cc(-c5ccc6oc7ccccc7c6c5)ccc43)c2)cc1.c1ccc(-n2c3ccccc3c3ccc4c5ccccc5n(-c5ccccc5)c4c32)cc1. The van der Waals surface area contributed by atoms with Gasteiger partial charge < -0.3 is 27.1 Å². The second kappa shape index (κ2) is 25.7. The van der Waals surface area contributed by atoms with E-state index in [4.69, 9.17) is 8.83 Å². The van der Waals surface area contributed by atoms with Gasteiger partial charge >= 0.3 is 0 Å². The van der Waals surface area contributed by atoms with Gasteiger partial charge in [0.15, 0.2) is 0 Å². The first kappa shape index (κ1) is 62.1. The third-order valence-corrected chi connectivity index (χ3v) is 21.7. The average Bonchev–Trinajstić information content (AvgIpc) is 1.55. The maximum Gasteiger partial charge on any atom is 0.135 e. The molecule has 0 N–H and O–H groups in total. The van der Waals surface area contributed by atoms with Crippen LogP contribution in [0.5, 0.6) is 0 Å². The molecule has 0 unspecified atom stereocenters. The van der Waals surface area contributed by atoms with Gasteiger partial charge in [-0.1, -0.05) is 267 Å². The van der Waals surface area contributed by atoms with Crippen LogP contribution in [0, 0.1) is 0 Å². The molecule has 0 aliphatic rings. The van der Waals surface area contributed by atoms with Gasteiger partial charge in [0.1, 0.15) is 22.3 Å². The molecule has 0 aliphatic heterocycles. The van der Waals surface area contributed by atoms with Gasteiger partial charge in [-0.2, -0.15) is 0 Å². The maximum absolute atomic E-state index is 6.06. The quantitative estimate of drug-likeness (QED) is 0.152. The lowest BCUT2D eigenvalue weighted by Gasteiger charge is -2.12. The Labute approximate surface area is 621 Å². The van der Waals surface area contributed by atoms with E-state index in [9.17, 15) is 0 Å². The van der Waals surface area contributed by atoms with Crippen LogP contribution in [0.3, 0.4) is 0 Å². The van der Waals surface area contributed by atoms with Crippen LogP contribution in [-0.4, -0.2) is 18.3 Å². The van der Waals surface area contributed by atoms with E-state index < -0.39 is 0 Å². The molecule has 0 atom stereocenters. The summed E-state index contributed by atoms with van der Waals surface area (Å²) in [5.74, 6) is 0. The second-order valence-electron chi connectivity index (χ2n) is 27.9. The first-order chi connectivity index (χ1) is 53.6. The van der Waals surface area contributed by atoms with E-state index >= 15 is 0 Å². The molecule has 108 heavy (non-hydrogen) atoms. The zero-order chi connectivity index (χ0) is 71.2. The van der Waals surface area contributed by atoms with Crippen molar-refractivity contribution < 1.29 is 8.83 Å². The number of nitrogens with zero attached hydrogens (tertiary/aromatic N) is 4. The van der Waals surface area contributed by atoms with Gasteiger partial charge in [0, 0.05) is 87.4 Å². The highest BCUT2D eigenvalue weighted by atomic mass is 16.3. The van der Waals surface area contributed by atoms with Crippen molar-refractivity contribution in [3.8, 4) is 67.3 Å². The van der Waals surface area contributed by atoms with E-state index in [0.717, 1.165) is 55.3 Å². The Morgan fingerprint density at radius 1 is 0.139 bits per heavy atom. The number of hydrogen-bond donors (Lipinski definition) is 0. The molecule has 0 amide bonds. The highest BCUT2D eigenvalue weighted by Gasteiger charge is 2.23. The Morgan fingerprint density at radius 3 is 0.870 bits per heavy atom. The lowest BCUT2D eigenvalue weighted by Crippen LogP contribution is -1.98. The van der Waals surface area contributed by atoms with Crippen LogP contribution in [-0.2, 0) is 0 Å². The summed E-state index contributed by atoms with van der Waals surface area (Å²) in [6.07, 6.45) is 0. The number of fused-ring (bicyclic) bond motifs is 19. The molecular weight excluding hydrogens is 1310 g/mol. The van der Waals surface area contributed by atoms with E-state index in [-0.39, 0.29) is 0 Å². The molecule has 6 aromatic heterocycles. The first-order valence-corrected chi connectivity index (χ1v) is 36.9. The van der Waals surface area contributed by atoms with Gasteiger partial charge in [0.05, 0.1) is 44.1 Å². The van der Waals surface area contributed by atoms with Crippen LogP contribution in [0.2, 0.25) is 0 Å². The Hall–Kier alpha value is -14.5. The molecule has 506 valence electrons. The minimum atomic E-state index is 0.922. The summed E-state index contributed by atoms with van der Waals surface area (Å²) in [6, 6.07) is 143. The van der Waals surface area contributed by atoms with Gasteiger partial charge in [-0.05, 0) is 178 Å². The Kier molecular flexibility index (Phi) is 14.8. The summed E-state index contributed by atoms with van der Waals surface area (Å²) in [5, 5.41) is 14.7. The largest absolute Gasteiger partial charge is 0.456 e. The maximum atomic E-state index is 6.06. The van der Waals surface area contributed by atoms with Crippen molar-refractivity contribution in [2.45, 2.75) is 0 Å². The smallest absolute Gasteiger partial charge is 0.135 e. The number of furan rings is 2. The van der Waals surface area contributed by atoms with Crippen molar-refractivity contribution in [1.29, 1.82) is 0 Å². The summed E-state index contributed by atoms with van der Waals surface area (Å²) >= 11 is 0. The molecule has 0 spiro atoms. The predicted octanol–water partition coefficient (Wildman–Crippen LogP) is 27.9. The highest BCUT2D eigenvalue weighted by molar-refractivity contribution is 6.24. The third-order valence-electron chi connectivity index (χ3n) is 21.7. The molecule has 6 heteroatoms. The zero-order valence-corrected chi connectivity index (χ0v) is 58.7. The molecule has 6 nitrogen and oxygen atoms in total. The number of benzene rings is 17. The van der Waals surface area contributed by atoms with Gasteiger partial charge in [0.25, 0.3) is 0 Å². The van der Waals surface area contributed by atoms with Gasteiger partial charge in [-0.3, -0.25) is 0 Å². The zero-order valence-electron chi connectivity index (χ0n) is 58.7. The summed E-state index contributed by atoms with van der Waals surface area (Å²) in [6.45, 7) is 0. The number of hydrogen-bond acceptors (Lipinski definition) is 2. The predicted molar refractivity (Wildman–Crippen MR) is 453 cm³/mol. The molecule has 0 radical (unpaired) electrons. The average molecular weight is 1380 g/mol. The molecule has 6 heterocycles. The lowest BCUT2D eigenvalue weighted by atomic mass is 10.0. The van der Waals surface area contributed by atoms with Crippen molar-refractivity contribution in [2.24, 2.45) is 0 Å². The Balaban J connectivity index is 0.000000104. The molecular formula is C102H66N4O2. The second-order valence-corrected chi connectivity index (χ2v) is 27.9. The third kappa shape index (κ3) is 10.4. The molecule has 23 aromatic rings. The van der Waals surface area contributed by atoms with Crippen LogP contribution in [0.15, 0.2) is 409 Å². The fourth-order valence-electron chi connectivity index (χ4n) is 16.8. The van der Waals surface area contributed by atoms with E-state index in [0.29, 0.717) is 0 Å². The van der Waals surface area contributed by atoms with Crippen molar-refractivity contribution in [3.63, 3.8) is 0 Å². The Morgan fingerprint density at radius 2 is 0.417 bits per heavy atom. The van der Waals surface area contributed by atoms with E-state index in [2.05, 4.69) is 394 Å². The molecule has 0 fully saturated rings. The van der Waals surface area contributed by atoms with Gasteiger partial charge in [-0.15, -0.1) is 0 Å². The van der Waals surface area contributed by atoms with Gasteiger partial charge in [-0.25, -0.2) is 0 Å². The molecule has 0 aliphatic carbocycles. The van der Waals surface area contributed by atoms with Crippen LogP contribution in [0.4, 0.5) is 0 Å². The Bertz CT molecular complexity index is 7270. The molecule has 0 saturated carbocycles. The number of rotatable bonds is 8. The summed E-state index contributed by atoms with van der Waals surface area (Å²) < 4.78 is 21.7. The number of aromatic nitrogens is 4. The summed E-state index contributed by atoms with van der Waals surface area (Å²) in [4.78, 5) is 0. The van der Waals surface area contributed by atoms with Crippen LogP contribution >= 0.6 is 0 Å². The minimum absolute atomic E-state index is 0.922. The standard InChI is InChI=1S/2C36H23NO.C30H20N2/c1-2-9-24(10-3-1)25-11-8-12-28(21-25)37-33-15-6-4-13-29(33)31-22-26(17-19-34(31)37)27-18-20-36-32(23-27)30-14-5-7-16-35(30)38-36;1-2-8-24(9-3-1)25-14-18-28(19-15-25)37-33-12-6-4-10-29(33)31-22-26(16-20-34(31)37)27-17-21-36-32(23-27)30-11-5-7-13-35(30)38-36;1-3-11-21(12-4-1)31-27-17-9-7-15-23(27)25-19-20-26-24-16-8-10-18-28(24)32(30(26)29(25)31)22-13-5-2-6-14-22/h2*1-23H;1-20H. The first-order valence-electron chi connectivity index (χ1n) is 36.9. The number of para-hydroxylation sites is 8. The topological polar surface area (TPSA) is 46.0 Å². The minimum Gasteiger partial charge on any atom is -0.456 e. The summed E-state index contributed by atoms with van der Waals surface area (Å²) in [7, 11) is 0. The van der Waals surface area contributed by atoms with Crippen molar-refractivity contribution in [3.05, 3.63) is 400 Å².